The van der Waals surface area contributed by atoms with Gasteiger partial charge in [0.05, 0.1) is 30.3 Å². The molecule has 0 aliphatic carbocycles. The summed E-state index contributed by atoms with van der Waals surface area (Å²) in [5.74, 6) is -3.36. The maximum Gasteiger partial charge on any atom is 0.416 e. The summed E-state index contributed by atoms with van der Waals surface area (Å²) in [4.78, 5) is 39.6. The molecule has 0 aliphatic heterocycles. The molecule has 0 spiro atoms. The number of halogens is 5. The molecule has 34 heavy (non-hydrogen) atoms. The van der Waals surface area contributed by atoms with E-state index < -0.39 is 60.1 Å². The number of carboxylic acids is 1. The summed E-state index contributed by atoms with van der Waals surface area (Å²) < 4.78 is 41.2. The number of aliphatic imine (C=N–C) groups is 1. The van der Waals surface area contributed by atoms with Crippen molar-refractivity contribution in [1.29, 1.82) is 0 Å². The van der Waals surface area contributed by atoms with Gasteiger partial charge in [0.25, 0.3) is 5.91 Å². The summed E-state index contributed by atoms with van der Waals surface area (Å²) in [6.45, 7) is -0.607. The third kappa shape index (κ3) is 8.62. The Morgan fingerprint density at radius 2 is 1.65 bits per heavy atom. The first-order valence-electron chi connectivity index (χ1n) is 9.32. The fourth-order valence-electron chi connectivity index (χ4n) is 2.83. The van der Waals surface area contributed by atoms with Gasteiger partial charge in [-0.05, 0) is 87.1 Å². The first-order chi connectivity index (χ1) is 15.7. The third-order valence-electron chi connectivity index (χ3n) is 4.18. The second-order valence-electron chi connectivity index (χ2n) is 6.91. The molecule has 0 heterocycles. The average Bonchev–Trinajstić information content (AvgIpc) is 2.69. The zero-order chi connectivity index (χ0) is 25.6. The van der Waals surface area contributed by atoms with Crippen LogP contribution in [0, 0.1) is 7.14 Å². The van der Waals surface area contributed by atoms with Gasteiger partial charge < -0.3 is 27.2 Å². The molecular formula is C20H18F3I2N5O4. The van der Waals surface area contributed by atoms with Crippen molar-refractivity contribution in [3.05, 3.63) is 60.2 Å². The predicted molar refractivity (Wildman–Crippen MR) is 134 cm³/mol. The van der Waals surface area contributed by atoms with Crippen LogP contribution < -0.4 is 22.1 Å². The Kier molecular flexibility index (Phi) is 9.48. The SMILES string of the molecule is NC(N)=Nc1cc(C(=O)NCC(=O)NC(CC(=O)O)c2cc(I)cc(I)c2)cc(C(F)(F)F)c1. The summed E-state index contributed by atoms with van der Waals surface area (Å²) in [6.07, 6.45) is -5.18. The normalized spacial score (nSPS) is 11.9. The molecule has 2 aromatic carbocycles. The molecule has 2 rings (SSSR count). The van der Waals surface area contributed by atoms with Crippen LogP contribution >= 0.6 is 45.2 Å². The summed E-state index contributed by atoms with van der Waals surface area (Å²) in [7, 11) is 0. The number of nitrogens with zero attached hydrogens (tertiary/aromatic N) is 1. The lowest BCUT2D eigenvalue weighted by Crippen LogP contribution is -2.39. The van der Waals surface area contributed by atoms with Crippen molar-refractivity contribution in [2.75, 3.05) is 6.54 Å². The molecule has 0 bridgehead atoms. The number of alkyl halides is 3. The smallest absolute Gasteiger partial charge is 0.416 e. The molecule has 0 saturated heterocycles. The van der Waals surface area contributed by atoms with E-state index in [-0.39, 0.29) is 5.69 Å². The highest BCUT2D eigenvalue weighted by Crippen LogP contribution is 2.32. The van der Waals surface area contributed by atoms with E-state index in [0.717, 1.165) is 13.2 Å². The van der Waals surface area contributed by atoms with Gasteiger partial charge in [-0.3, -0.25) is 14.4 Å². The highest BCUT2D eigenvalue weighted by molar-refractivity contribution is 14.1. The van der Waals surface area contributed by atoms with Crippen molar-refractivity contribution >= 4 is 74.6 Å². The number of hydrogen-bond acceptors (Lipinski definition) is 4. The van der Waals surface area contributed by atoms with Crippen LogP contribution in [-0.4, -0.2) is 35.4 Å². The quantitative estimate of drug-likeness (QED) is 0.162. The van der Waals surface area contributed by atoms with E-state index in [2.05, 4.69) is 60.8 Å². The Hall–Kier alpha value is -2.63. The van der Waals surface area contributed by atoms with Crippen LogP contribution in [0.25, 0.3) is 0 Å². The number of aliphatic carboxylic acids is 1. The van der Waals surface area contributed by atoms with Crippen LogP contribution in [0.5, 0.6) is 0 Å². The summed E-state index contributed by atoms with van der Waals surface area (Å²) in [5, 5.41) is 13.9. The minimum absolute atomic E-state index is 0.292. The molecule has 0 saturated carbocycles. The van der Waals surface area contributed by atoms with Crippen LogP contribution in [0.2, 0.25) is 0 Å². The van der Waals surface area contributed by atoms with Gasteiger partial charge in [0.2, 0.25) is 5.91 Å². The van der Waals surface area contributed by atoms with E-state index in [0.29, 0.717) is 17.7 Å². The van der Waals surface area contributed by atoms with Crippen molar-refractivity contribution in [1.82, 2.24) is 10.6 Å². The largest absolute Gasteiger partial charge is 0.481 e. The van der Waals surface area contributed by atoms with E-state index in [4.69, 9.17) is 11.5 Å². The predicted octanol–water partition coefficient (Wildman–Crippen LogP) is 2.88. The van der Waals surface area contributed by atoms with Gasteiger partial charge in [0.15, 0.2) is 5.96 Å². The highest BCUT2D eigenvalue weighted by atomic mass is 127. The van der Waals surface area contributed by atoms with E-state index >= 15 is 0 Å². The Morgan fingerprint density at radius 1 is 1.03 bits per heavy atom. The lowest BCUT2D eigenvalue weighted by Gasteiger charge is -2.18. The monoisotopic (exact) mass is 703 g/mol. The summed E-state index contributed by atoms with van der Waals surface area (Å²) >= 11 is 4.11. The van der Waals surface area contributed by atoms with E-state index in [1.165, 1.54) is 0 Å². The van der Waals surface area contributed by atoms with Crippen LogP contribution in [-0.2, 0) is 15.8 Å². The number of rotatable bonds is 8. The van der Waals surface area contributed by atoms with Crippen molar-refractivity contribution < 1.29 is 32.7 Å². The van der Waals surface area contributed by atoms with Gasteiger partial charge in [0.1, 0.15) is 0 Å². The topological polar surface area (TPSA) is 160 Å². The minimum atomic E-state index is -4.77. The third-order valence-corrected chi connectivity index (χ3v) is 5.42. The molecule has 9 nitrogen and oxygen atoms in total. The number of nitrogens with one attached hydrogen (secondary N) is 2. The molecule has 182 valence electrons. The first-order valence-corrected chi connectivity index (χ1v) is 11.5. The average molecular weight is 703 g/mol. The lowest BCUT2D eigenvalue weighted by molar-refractivity contribution is -0.138. The number of hydrogen-bond donors (Lipinski definition) is 5. The summed E-state index contributed by atoms with van der Waals surface area (Å²) in [6, 6.07) is 6.69. The molecule has 0 radical (unpaired) electrons. The standard InChI is InChI=1S/C20H18F3I2N5O4/c21-20(22,23)11-1-10(4-14(5-11)29-19(26)27)18(34)28-8-16(31)30-15(7-17(32)33)9-2-12(24)6-13(25)3-9/h1-6,15H,7-8H2,(H,28,34)(H,30,31)(H,32,33)(H4,26,27,29). The van der Waals surface area contributed by atoms with Crippen LogP contribution in [0.3, 0.4) is 0 Å². The Labute approximate surface area is 218 Å². The second-order valence-corrected chi connectivity index (χ2v) is 9.40. The van der Waals surface area contributed by atoms with Crippen LogP contribution in [0.15, 0.2) is 41.4 Å². The molecular weight excluding hydrogens is 685 g/mol. The number of nitrogens with two attached hydrogens (primary N) is 2. The maximum absolute atomic E-state index is 13.2. The number of benzene rings is 2. The van der Waals surface area contributed by atoms with E-state index in [9.17, 15) is 32.7 Å². The van der Waals surface area contributed by atoms with Crippen molar-refractivity contribution in [3.63, 3.8) is 0 Å². The fourth-order valence-corrected chi connectivity index (χ4v) is 4.82. The van der Waals surface area contributed by atoms with Gasteiger partial charge in [0, 0.05) is 12.7 Å². The van der Waals surface area contributed by atoms with Gasteiger partial charge in [-0.15, -0.1) is 0 Å². The molecule has 0 aliphatic rings. The molecule has 7 N–H and O–H groups in total. The van der Waals surface area contributed by atoms with Crippen molar-refractivity contribution in [2.45, 2.75) is 18.6 Å². The fraction of sp³-hybridized carbons (Fsp3) is 0.200. The zero-order valence-corrected chi connectivity index (χ0v) is 21.4. The van der Waals surface area contributed by atoms with E-state index in [1.807, 2.05) is 6.07 Å². The molecule has 14 heteroatoms. The first kappa shape index (κ1) is 27.6. The van der Waals surface area contributed by atoms with Crippen LogP contribution in [0.1, 0.15) is 33.9 Å². The summed E-state index contributed by atoms with van der Waals surface area (Å²) in [5.41, 5.74) is 9.10. The Balaban J connectivity index is 2.17. The maximum atomic E-state index is 13.2. The number of carbonyl (C=O) groups is 3. The van der Waals surface area contributed by atoms with Gasteiger partial charge in [-0.1, -0.05) is 0 Å². The van der Waals surface area contributed by atoms with Crippen LogP contribution in [0.4, 0.5) is 18.9 Å². The van der Waals surface area contributed by atoms with Gasteiger partial charge >= 0.3 is 12.1 Å². The number of amides is 2. The number of carboxylic acid groups (broad SMARTS) is 1. The molecule has 2 amide bonds. The zero-order valence-electron chi connectivity index (χ0n) is 17.1. The molecule has 0 aromatic heterocycles. The number of carbonyl (C=O) groups excluding carboxylic acids is 2. The molecule has 1 unspecified atom stereocenters. The molecule has 0 fully saturated rings. The molecule has 2 aromatic rings. The van der Waals surface area contributed by atoms with Gasteiger partial charge in [-0.25, -0.2) is 4.99 Å². The van der Waals surface area contributed by atoms with E-state index in [1.54, 1.807) is 12.1 Å². The molecule has 1 atom stereocenters. The van der Waals surface area contributed by atoms with Gasteiger partial charge in [-0.2, -0.15) is 13.2 Å². The number of guanidine groups is 1. The highest BCUT2D eigenvalue weighted by Gasteiger charge is 2.32. The lowest BCUT2D eigenvalue weighted by atomic mass is 10.0. The Morgan fingerprint density at radius 3 is 2.18 bits per heavy atom. The Bertz CT molecular complexity index is 1120. The second kappa shape index (κ2) is 11.7. The van der Waals surface area contributed by atoms with Crippen molar-refractivity contribution in [2.24, 2.45) is 16.5 Å². The van der Waals surface area contributed by atoms with Crippen molar-refractivity contribution in [3.8, 4) is 0 Å². The minimum Gasteiger partial charge on any atom is -0.481 e.